The van der Waals surface area contributed by atoms with Crippen molar-refractivity contribution in [3.8, 4) is 5.75 Å². The maximum atomic E-state index is 12.4. The van der Waals surface area contributed by atoms with Gasteiger partial charge in [-0.1, -0.05) is 18.2 Å². The maximum absolute atomic E-state index is 12.4. The van der Waals surface area contributed by atoms with Crippen LogP contribution in [-0.2, 0) is 10.0 Å². The van der Waals surface area contributed by atoms with Crippen molar-refractivity contribution in [3.63, 3.8) is 0 Å². The van der Waals surface area contributed by atoms with E-state index in [0.29, 0.717) is 38.7 Å². The summed E-state index contributed by atoms with van der Waals surface area (Å²) in [5.74, 6) is 3.27. The van der Waals surface area contributed by atoms with Crippen LogP contribution < -0.4 is 15.4 Å². The molecule has 0 saturated carbocycles. The van der Waals surface area contributed by atoms with Crippen LogP contribution in [0.25, 0.3) is 0 Å². The molecule has 1 unspecified atom stereocenters. The first-order valence-electron chi connectivity index (χ1n) is 9.72. The van der Waals surface area contributed by atoms with Gasteiger partial charge in [0.2, 0.25) is 10.0 Å². The molecular weight excluding hydrogens is 396 g/mol. The van der Waals surface area contributed by atoms with Gasteiger partial charge < -0.3 is 15.4 Å². The molecule has 2 N–H and O–H groups in total. The Morgan fingerprint density at radius 2 is 2.00 bits per heavy atom. The normalized spacial score (nSPS) is 17.2. The van der Waals surface area contributed by atoms with Gasteiger partial charge in [-0.3, -0.25) is 0 Å². The topological polar surface area (TPSA) is 83.0 Å². The molecule has 0 radical (unpaired) electrons. The summed E-state index contributed by atoms with van der Waals surface area (Å²) in [5, 5.41) is 6.27. The molecule has 0 amide bonds. The number of rotatable bonds is 9. The summed E-state index contributed by atoms with van der Waals surface area (Å²) in [6.45, 7) is 8.67. The molecule has 0 spiro atoms. The summed E-state index contributed by atoms with van der Waals surface area (Å²) in [6, 6.07) is 7.89. The standard InChI is InChI=1S/C19H32N4O3S2/c1-4-20-19(21-9-14-28(24,25)23-10-12-27-13-11-23)22-15-17(3)26-18-8-6-5-7-16(18)2/h5-8,17H,4,9-15H2,1-3H3,(H2,20,21,22). The zero-order chi connectivity index (χ0) is 20.4. The van der Waals surface area contributed by atoms with E-state index in [-0.39, 0.29) is 11.9 Å². The van der Waals surface area contributed by atoms with Gasteiger partial charge in [-0.2, -0.15) is 11.8 Å². The molecule has 1 saturated heterocycles. The van der Waals surface area contributed by atoms with Crippen molar-refractivity contribution in [1.82, 2.24) is 14.9 Å². The zero-order valence-corrected chi connectivity index (χ0v) is 18.6. The molecule has 7 nitrogen and oxygen atoms in total. The van der Waals surface area contributed by atoms with Crippen LogP contribution in [0.2, 0.25) is 0 Å². The van der Waals surface area contributed by atoms with Crippen molar-refractivity contribution in [2.45, 2.75) is 26.9 Å². The fourth-order valence-electron chi connectivity index (χ4n) is 2.76. The van der Waals surface area contributed by atoms with Gasteiger partial charge >= 0.3 is 0 Å². The number of thioether (sulfide) groups is 1. The summed E-state index contributed by atoms with van der Waals surface area (Å²) >= 11 is 1.80. The van der Waals surface area contributed by atoms with E-state index in [4.69, 9.17) is 4.74 Å². The van der Waals surface area contributed by atoms with Crippen LogP contribution in [-0.4, -0.2) is 74.8 Å². The first-order valence-corrected chi connectivity index (χ1v) is 12.5. The van der Waals surface area contributed by atoms with Crippen LogP contribution in [0.15, 0.2) is 29.3 Å². The largest absolute Gasteiger partial charge is 0.489 e. The first kappa shape index (κ1) is 22.8. The summed E-state index contributed by atoms with van der Waals surface area (Å²) in [6.07, 6.45) is -0.0915. The second kappa shape index (κ2) is 11.5. The smallest absolute Gasteiger partial charge is 0.215 e. The number of hydrogen-bond donors (Lipinski definition) is 2. The monoisotopic (exact) mass is 428 g/mol. The van der Waals surface area contributed by atoms with Crippen molar-refractivity contribution < 1.29 is 13.2 Å². The van der Waals surface area contributed by atoms with Gasteiger partial charge in [0.1, 0.15) is 11.9 Å². The lowest BCUT2D eigenvalue weighted by molar-refractivity contribution is 0.228. The van der Waals surface area contributed by atoms with Crippen LogP contribution in [0.1, 0.15) is 19.4 Å². The Morgan fingerprint density at radius 1 is 1.29 bits per heavy atom. The Hall–Kier alpha value is -1.45. The van der Waals surface area contributed by atoms with E-state index < -0.39 is 10.0 Å². The Balaban J connectivity index is 1.83. The lowest BCUT2D eigenvalue weighted by atomic mass is 10.2. The number of guanidine groups is 1. The number of nitrogens with one attached hydrogen (secondary N) is 2. The lowest BCUT2D eigenvalue weighted by Crippen LogP contribution is -2.44. The second-order valence-corrected chi connectivity index (χ2v) is 9.98. The number of sulfonamides is 1. The molecule has 1 aliphatic heterocycles. The molecule has 1 heterocycles. The van der Waals surface area contributed by atoms with E-state index in [9.17, 15) is 8.42 Å². The van der Waals surface area contributed by atoms with Crippen LogP contribution >= 0.6 is 11.8 Å². The first-order chi connectivity index (χ1) is 13.4. The highest BCUT2D eigenvalue weighted by molar-refractivity contribution is 7.99. The number of aryl methyl sites for hydroxylation is 1. The third kappa shape index (κ3) is 7.52. The van der Waals surface area contributed by atoms with Crippen LogP contribution in [0.5, 0.6) is 5.75 Å². The molecule has 1 fully saturated rings. The van der Waals surface area contributed by atoms with E-state index in [2.05, 4.69) is 15.6 Å². The molecule has 1 atom stereocenters. The number of aliphatic imine (C=N–C) groups is 1. The predicted molar refractivity (Wildman–Crippen MR) is 118 cm³/mol. The van der Waals surface area contributed by atoms with Crippen LogP contribution in [0, 0.1) is 6.92 Å². The van der Waals surface area contributed by atoms with E-state index in [1.807, 2.05) is 45.0 Å². The van der Waals surface area contributed by atoms with E-state index in [1.165, 1.54) is 0 Å². The summed E-state index contributed by atoms with van der Waals surface area (Å²) < 4.78 is 32.4. The van der Waals surface area contributed by atoms with Gasteiger partial charge in [0, 0.05) is 37.7 Å². The Morgan fingerprint density at radius 3 is 2.68 bits per heavy atom. The van der Waals surface area contributed by atoms with Crippen LogP contribution in [0.4, 0.5) is 0 Å². The summed E-state index contributed by atoms with van der Waals surface area (Å²) in [7, 11) is -3.22. The highest BCUT2D eigenvalue weighted by Crippen LogP contribution is 2.17. The van der Waals surface area contributed by atoms with Crippen molar-refractivity contribution >= 4 is 27.7 Å². The molecule has 1 aromatic rings. The van der Waals surface area contributed by atoms with E-state index in [0.717, 1.165) is 22.8 Å². The SMILES string of the molecule is CCNC(=NCC(C)Oc1ccccc1C)NCCS(=O)(=O)N1CCSCC1. The lowest BCUT2D eigenvalue weighted by Gasteiger charge is -2.25. The maximum Gasteiger partial charge on any atom is 0.215 e. The Bertz CT molecular complexity index is 734. The molecule has 158 valence electrons. The highest BCUT2D eigenvalue weighted by atomic mass is 32.2. The zero-order valence-electron chi connectivity index (χ0n) is 17.0. The van der Waals surface area contributed by atoms with E-state index in [1.54, 1.807) is 16.1 Å². The summed E-state index contributed by atoms with van der Waals surface area (Å²) in [5.41, 5.74) is 1.09. The van der Waals surface area contributed by atoms with Crippen molar-refractivity contribution in [3.05, 3.63) is 29.8 Å². The van der Waals surface area contributed by atoms with Gasteiger partial charge in [0.05, 0.1) is 12.3 Å². The minimum Gasteiger partial charge on any atom is -0.489 e. The van der Waals surface area contributed by atoms with Crippen molar-refractivity contribution in [1.29, 1.82) is 0 Å². The molecule has 1 aliphatic rings. The van der Waals surface area contributed by atoms with Gasteiger partial charge in [0.25, 0.3) is 0 Å². The molecule has 2 rings (SSSR count). The molecule has 9 heteroatoms. The molecule has 0 aromatic heterocycles. The van der Waals surface area contributed by atoms with Gasteiger partial charge in [-0.25, -0.2) is 17.7 Å². The molecular formula is C19H32N4O3S2. The predicted octanol–water partition coefficient (Wildman–Crippen LogP) is 1.70. The highest BCUT2D eigenvalue weighted by Gasteiger charge is 2.23. The third-order valence-corrected chi connectivity index (χ3v) is 7.10. The van der Waals surface area contributed by atoms with Gasteiger partial charge in [0.15, 0.2) is 5.96 Å². The number of ether oxygens (including phenoxy) is 1. The minimum absolute atomic E-state index is 0.0668. The second-order valence-electron chi connectivity index (χ2n) is 6.67. The Labute approximate surface area is 173 Å². The molecule has 0 aliphatic carbocycles. The number of hydrogen-bond acceptors (Lipinski definition) is 5. The van der Waals surface area contributed by atoms with Crippen LogP contribution in [0.3, 0.4) is 0 Å². The summed E-state index contributed by atoms with van der Waals surface area (Å²) in [4.78, 5) is 4.53. The average Bonchev–Trinajstić information content (AvgIpc) is 2.68. The molecule has 0 bridgehead atoms. The molecule has 1 aromatic carbocycles. The number of nitrogens with zero attached hydrogens (tertiary/aromatic N) is 2. The van der Waals surface area contributed by atoms with Crippen molar-refractivity contribution in [2.75, 3.05) is 50.0 Å². The number of para-hydroxylation sites is 1. The Kier molecular flexibility index (Phi) is 9.40. The number of benzene rings is 1. The van der Waals surface area contributed by atoms with Crippen molar-refractivity contribution in [2.24, 2.45) is 4.99 Å². The fourth-order valence-corrected chi connectivity index (χ4v) is 5.25. The fraction of sp³-hybridized carbons (Fsp3) is 0.632. The minimum atomic E-state index is -3.22. The average molecular weight is 429 g/mol. The third-order valence-electron chi connectivity index (χ3n) is 4.29. The van der Waals surface area contributed by atoms with Gasteiger partial charge in [-0.15, -0.1) is 0 Å². The van der Waals surface area contributed by atoms with E-state index >= 15 is 0 Å². The quantitative estimate of drug-likeness (QED) is 0.460. The molecule has 28 heavy (non-hydrogen) atoms. The van der Waals surface area contributed by atoms with Gasteiger partial charge in [-0.05, 0) is 32.4 Å².